The quantitative estimate of drug-likeness (QED) is 0.725. The van der Waals surface area contributed by atoms with Crippen molar-refractivity contribution in [2.75, 3.05) is 13.7 Å². The Labute approximate surface area is 147 Å². The van der Waals surface area contributed by atoms with Crippen molar-refractivity contribution < 1.29 is 27.8 Å². The molecule has 0 spiro atoms. The van der Waals surface area contributed by atoms with Gasteiger partial charge in [-0.3, -0.25) is 0 Å². The highest BCUT2D eigenvalue weighted by molar-refractivity contribution is 5.76. The monoisotopic (exact) mass is 366 g/mol. The molecule has 1 atom stereocenters. The van der Waals surface area contributed by atoms with Crippen LogP contribution in [0.15, 0.2) is 48.5 Å². The fraction of sp³-hybridized carbons (Fsp3) is 0.278. The Morgan fingerprint density at radius 1 is 1.08 bits per heavy atom. The van der Waals surface area contributed by atoms with Gasteiger partial charge in [-0.15, -0.1) is 0 Å². The van der Waals surface area contributed by atoms with E-state index in [9.17, 15) is 18.3 Å². The molecule has 5 nitrogen and oxygen atoms in total. The van der Waals surface area contributed by atoms with Gasteiger partial charge < -0.3 is 19.1 Å². The lowest BCUT2D eigenvalue weighted by Gasteiger charge is -2.17. The van der Waals surface area contributed by atoms with Crippen LogP contribution in [0.3, 0.4) is 0 Å². The number of benzene rings is 2. The molecule has 0 saturated heterocycles. The van der Waals surface area contributed by atoms with E-state index in [4.69, 9.17) is 9.47 Å². The normalized spacial score (nSPS) is 13.0. The molecule has 1 aromatic heterocycles. The van der Waals surface area contributed by atoms with E-state index < -0.39 is 18.1 Å². The molecule has 1 unspecified atom stereocenters. The molecule has 8 heteroatoms. The Morgan fingerprint density at radius 3 is 2.42 bits per heavy atom. The zero-order valence-corrected chi connectivity index (χ0v) is 13.9. The summed E-state index contributed by atoms with van der Waals surface area (Å²) < 4.78 is 51.4. The highest BCUT2D eigenvalue weighted by atomic mass is 19.4. The summed E-state index contributed by atoms with van der Waals surface area (Å²) >= 11 is 0. The fourth-order valence-electron chi connectivity index (χ4n) is 2.66. The number of rotatable bonds is 6. The first kappa shape index (κ1) is 18.1. The Bertz CT molecular complexity index is 893. The number of aliphatic hydroxyl groups is 1. The molecule has 0 radical (unpaired) electrons. The van der Waals surface area contributed by atoms with E-state index in [1.807, 2.05) is 0 Å². The van der Waals surface area contributed by atoms with Crippen molar-refractivity contribution in [3.05, 3.63) is 54.4 Å². The molecule has 2 aromatic carbocycles. The maximum atomic E-state index is 13.3. The first-order chi connectivity index (χ1) is 12.4. The van der Waals surface area contributed by atoms with Crippen LogP contribution in [-0.4, -0.2) is 34.5 Å². The second kappa shape index (κ2) is 7.25. The molecule has 0 bridgehead atoms. The third-order valence-corrected chi connectivity index (χ3v) is 3.80. The summed E-state index contributed by atoms with van der Waals surface area (Å²) in [5.41, 5.74) is 0.522. The number of halogens is 3. The molecule has 0 aliphatic heterocycles. The molecule has 0 aliphatic rings. The first-order valence-electron chi connectivity index (χ1n) is 7.86. The lowest BCUT2D eigenvalue weighted by molar-refractivity contribution is -0.147. The summed E-state index contributed by atoms with van der Waals surface area (Å²) in [4.78, 5) is 3.65. The number of ether oxygens (including phenoxy) is 2. The third-order valence-electron chi connectivity index (χ3n) is 3.80. The predicted octanol–water partition coefficient (Wildman–Crippen LogP) is 3.50. The average Bonchev–Trinajstić information content (AvgIpc) is 2.99. The molecule has 0 fully saturated rings. The summed E-state index contributed by atoms with van der Waals surface area (Å²) in [7, 11) is 1.48. The fourth-order valence-corrected chi connectivity index (χ4v) is 2.66. The standard InChI is InChI=1S/C18H17F3N2O3/c1-25-15-8-4-5-9-16(15)26-11-12(24)10-23-14-7-3-2-6-13(14)22-17(23)18(19,20)21/h2-9,12,24H,10-11H2,1H3. The molecule has 3 aromatic rings. The molecule has 0 amide bonds. The van der Waals surface area contributed by atoms with Gasteiger partial charge in [-0.1, -0.05) is 24.3 Å². The van der Waals surface area contributed by atoms with E-state index >= 15 is 0 Å². The molecule has 0 aliphatic carbocycles. The molecule has 1 N–H and O–H groups in total. The number of hydrogen-bond donors (Lipinski definition) is 1. The third kappa shape index (κ3) is 3.75. The topological polar surface area (TPSA) is 56.5 Å². The second-order valence-corrected chi connectivity index (χ2v) is 5.65. The van der Waals surface area contributed by atoms with E-state index in [1.54, 1.807) is 36.4 Å². The summed E-state index contributed by atoms with van der Waals surface area (Å²) in [5.74, 6) is -0.167. The first-order valence-corrected chi connectivity index (χ1v) is 7.86. The van der Waals surface area contributed by atoms with Gasteiger partial charge in [0.1, 0.15) is 12.7 Å². The minimum absolute atomic E-state index is 0.190. The van der Waals surface area contributed by atoms with Gasteiger partial charge in [-0.2, -0.15) is 13.2 Å². The number of imidazole rings is 1. The molecule has 26 heavy (non-hydrogen) atoms. The van der Waals surface area contributed by atoms with E-state index in [-0.39, 0.29) is 18.7 Å². The van der Waals surface area contributed by atoms with Crippen LogP contribution in [-0.2, 0) is 12.7 Å². The van der Waals surface area contributed by atoms with Crippen LogP contribution in [0.25, 0.3) is 11.0 Å². The zero-order valence-electron chi connectivity index (χ0n) is 13.9. The van der Waals surface area contributed by atoms with Crippen LogP contribution in [0.5, 0.6) is 11.5 Å². The predicted molar refractivity (Wildman–Crippen MR) is 89.2 cm³/mol. The maximum absolute atomic E-state index is 13.3. The van der Waals surface area contributed by atoms with Crippen molar-refractivity contribution in [1.82, 2.24) is 9.55 Å². The Kier molecular flexibility index (Phi) is 5.03. The van der Waals surface area contributed by atoms with Crippen molar-refractivity contribution in [2.45, 2.75) is 18.8 Å². The van der Waals surface area contributed by atoms with Crippen molar-refractivity contribution >= 4 is 11.0 Å². The van der Waals surface area contributed by atoms with Crippen LogP contribution in [0.2, 0.25) is 0 Å². The number of para-hydroxylation sites is 4. The highest BCUT2D eigenvalue weighted by Crippen LogP contribution is 2.32. The van der Waals surface area contributed by atoms with E-state index in [0.717, 1.165) is 4.57 Å². The van der Waals surface area contributed by atoms with Crippen molar-refractivity contribution in [1.29, 1.82) is 0 Å². The number of methoxy groups -OCH3 is 1. The molecule has 3 rings (SSSR count). The minimum Gasteiger partial charge on any atom is -0.493 e. The number of aliphatic hydroxyl groups excluding tert-OH is 1. The molecule has 138 valence electrons. The van der Waals surface area contributed by atoms with Gasteiger partial charge in [-0.05, 0) is 24.3 Å². The van der Waals surface area contributed by atoms with Crippen LogP contribution >= 0.6 is 0 Å². The van der Waals surface area contributed by atoms with Gasteiger partial charge in [0.05, 0.1) is 24.7 Å². The van der Waals surface area contributed by atoms with Gasteiger partial charge in [0.25, 0.3) is 0 Å². The van der Waals surface area contributed by atoms with Gasteiger partial charge in [0.2, 0.25) is 5.82 Å². The van der Waals surface area contributed by atoms with Crippen molar-refractivity contribution in [3.8, 4) is 11.5 Å². The van der Waals surface area contributed by atoms with Gasteiger partial charge in [0, 0.05) is 0 Å². The number of hydrogen-bond acceptors (Lipinski definition) is 4. The van der Waals surface area contributed by atoms with E-state index in [1.165, 1.54) is 19.2 Å². The molecular formula is C18H17F3N2O3. The Hall–Kier alpha value is -2.74. The van der Waals surface area contributed by atoms with Crippen LogP contribution < -0.4 is 9.47 Å². The second-order valence-electron chi connectivity index (χ2n) is 5.65. The van der Waals surface area contributed by atoms with Gasteiger partial charge >= 0.3 is 6.18 Å². The maximum Gasteiger partial charge on any atom is 0.449 e. The SMILES string of the molecule is COc1ccccc1OCC(O)Cn1c(C(F)(F)F)nc2ccccc21. The van der Waals surface area contributed by atoms with E-state index in [0.29, 0.717) is 17.0 Å². The summed E-state index contributed by atoms with van der Waals surface area (Å²) in [6.07, 6.45) is -5.79. The minimum atomic E-state index is -4.62. The smallest absolute Gasteiger partial charge is 0.449 e. The number of fused-ring (bicyclic) bond motifs is 1. The largest absolute Gasteiger partial charge is 0.493 e. The number of alkyl halides is 3. The Balaban J connectivity index is 1.80. The van der Waals surface area contributed by atoms with Crippen LogP contribution in [0, 0.1) is 0 Å². The molecular weight excluding hydrogens is 349 g/mol. The zero-order chi connectivity index (χ0) is 18.7. The van der Waals surface area contributed by atoms with Gasteiger partial charge in [-0.25, -0.2) is 4.98 Å². The number of aromatic nitrogens is 2. The Morgan fingerprint density at radius 2 is 1.73 bits per heavy atom. The lowest BCUT2D eigenvalue weighted by Crippen LogP contribution is -2.26. The summed E-state index contributed by atoms with van der Waals surface area (Å²) in [6, 6.07) is 13.1. The lowest BCUT2D eigenvalue weighted by atomic mass is 10.3. The summed E-state index contributed by atoms with van der Waals surface area (Å²) in [6.45, 7) is -0.491. The van der Waals surface area contributed by atoms with Gasteiger partial charge in [0.15, 0.2) is 11.5 Å². The van der Waals surface area contributed by atoms with E-state index in [2.05, 4.69) is 4.98 Å². The van der Waals surface area contributed by atoms with Crippen LogP contribution in [0.4, 0.5) is 13.2 Å². The summed E-state index contributed by atoms with van der Waals surface area (Å²) in [5, 5.41) is 10.2. The van der Waals surface area contributed by atoms with Crippen molar-refractivity contribution in [2.24, 2.45) is 0 Å². The molecule has 0 saturated carbocycles. The average molecular weight is 366 g/mol. The number of nitrogens with zero attached hydrogens (tertiary/aromatic N) is 2. The van der Waals surface area contributed by atoms with Crippen molar-refractivity contribution in [3.63, 3.8) is 0 Å². The molecule has 1 heterocycles. The highest BCUT2D eigenvalue weighted by Gasteiger charge is 2.37. The van der Waals surface area contributed by atoms with Crippen LogP contribution in [0.1, 0.15) is 5.82 Å².